The Hall–Kier alpha value is -2.51. The van der Waals surface area contributed by atoms with Crippen molar-refractivity contribution in [1.82, 2.24) is 19.9 Å². The summed E-state index contributed by atoms with van der Waals surface area (Å²) in [4.78, 5) is 22.5. The molecular formula is C23H26N4O2S. The van der Waals surface area contributed by atoms with E-state index in [1.165, 1.54) is 5.56 Å². The van der Waals surface area contributed by atoms with E-state index in [4.69, 9.17) is 4.52 Å². The van der Waals surface area contributed by atoms with Crippen LogP contribution in [0.2, 0.25) is 0 Å². The Bertz CT molecular complexity index is 958. The number of aromatic nitrogens is 2. The molecule has 2 saturated heterocycles. The smallest absolute Gasteiger partial charge is 0.236 e. The maximum Gasteiger partial charge on any atom is 0.236 e. The molecule has 0 unspecified atom stereocenters. The standard InChI is InChI=1S/C23H26N4O2S/c28-21(27-10-8-18(9-11-27)13-17-5-2-1-3-6-17)16-26-14-19(15-26)23-24-22(25-29-23)20-7-4-12-30-20/h1-7,12,18-19H,8-11,13-16H2. The highest BCUT2D eigenvalue weighted by molar-refractivity contribution is 7.13. The zero-order valence-electron chi connectivity index (χ0n) is 16.9. The lowest BCUT2D eigenvalue weighted by molar-refractivity contribution is -0.135. The van der Waals surface area contributed by atoms with Crippen molar-refractivity contribution >= 4 is 17.2 Å². The third kappa shape index (κ3) is 4.32. The van der Waals surface area contributed by atoms with E-state index < -0.39 is 0 Å². The molecule has 0 radical (unpaired) electrons. The lowest BCUT2D eigenvalue weighted by Crippen LogP contribution is -2.51. The van der Waals surface area contributed by atoms with Gasteiger partial charge in [-0.2, -0.15) is 4.98 Å². The van der Waals surface area contributed by atoms with E-state index in [1.807, 2.05) is 22.4 Å². The van der Waals surface area contributed by atoms with Crippen molar-refractivity contribution < 1.29 is 9.32 Å². The van der Waals surface area contributed by atoms with Crippen LogP contribution < -0.4 is 0 Å². The topological polar surface area (TPSA) is 62.5 Å². The molecule has 30 heavy (non-hydrogen) atoms. The first-order chi connectivity index (χ1) is 14.7. The molecule has 156 valence electrons. The first kappa shape index (κ1) is 19.5. The van der Waals surface area contributed by atoms with Crippen molar-refractivity contribution in [2.75, 3.05) is 32.7 Å². The van der Waals surface area contributed by atoms with Gasteiger partial charge in [-0.15, -0.1) is 11.3 Å². The number of piperidine rings is 1. The molecule has 1 amide bonds. The van der Waals surface area contributed by atoms with Crippen LogP contribution in [-0.2, 0) is 11.2 Å². The Labute approximate surface area is 180 Å². The second kappa shape index (κ2) is 8.70. The zero-order chi connectivity index (χ0) is 20.3. The van der Waals surface area contributed by atoms with Crippen LogP contribution in [0.4, 0.5) is 0 Å². The van der Waals surface area contributed by atoms with Gasteiger partial charge in [0.1, 0.15) is 0 Å². The average molecular weight is 423 g/mol. The largest absolute Gasteiger partial charge is 0.342 e. The molecule has 2 aliphatic heterocycles. The van der Waals surface area contributed by atoms with Crippen molar-refractivity contribution in [2.45, 2.75) is 25.2 Å². The van der Waals surface area contributed by atoms with Gasteiger partial charge >= 0.3 is 0 Å². The van der Waals surface area contributed by atoms with Crippen molar-refractivity contribution in [3.63, 3.8) is 0 Å². The maximum atomic E-state index is 12.7. The van der Waals surface area contributed by atoms with E-state index in [0.29, 0.717) is 24.2 Å². The second-order valence-electron chi connectivity index (χ2n) is 8.34. The number of nitrogens with zero attached hydrogens (tertiary/aromatic N) is 4. The molecule has 2 aliphatic rings. The SMILES string of the molecule is O=C(CN1CC(c2nc(-c3cccs3)no2)C1)N1CCC(Cc2ccccc2)CC1. The summed E-state index contributed by atoms with van der Waals surface area (Å²) in [6, 6.07) is 14.6. The van der Waals surface area contributed by atoms with Gasteiger partial charge in [-0.3, -0.25) is 9.69 Å². The summed E-state index contributed by atoms with van der Waals surface area (Å²) in [6.07, 6.45) is 3.31. The molecule has 2 aromatic heterocycles. The molecule has 0 N–H and O–H groups in total. The number of benzene rings is 1. The predicted molar refractivity (Wildman–Crippen MR) is 116 cm³/mol. The molecule has 0 saturated carbocycles. The molecule has 3 aromatic rings. The van der Waals surface area contributed by atoms with Gasteiger partial charge in [0.15, 0.2) is 0 Å². The monoisotopic (exact) mass is 422 g/mol. The highest BCUT2D eigenvalue weighted by Gasteiger charge is 2.35. The molecular weight excluding hydrogens is 396 g/mol. The van der Waals surface area contributed by atoms with E-state index in [2.05, 4.69) is 45.4 Å². The van der Waals surface area contributed by atoms with Gasteiger partial charge in [0, 0.05) is 26.2 Å². The molecule has 0 aliphatic carbocycles. The minimum absolute atomic E-state index is 0.232. The van der Waals surface area contributed by atoms with Crippen molar-refractivity contribution in [3.05, 3.63) is 59.3 Å². The highest BCUT2D eigenvalue weighted by Crippen LogP contribution is 2.29. The van der Waals surface area contributed by atoms with Gasteiger partial charge in [-0.05, 0) is 42.2 Å². The van der Waals surface area contributed by atoms with Gasteiger partial charge in [0.2, 0.25) is 17.6 Å². The average Bonchev–Trinajstić information content (AvgIpc) is 3.43. The molecule has 0 spiro atoms. The molecule has 5 rings (SSSR count). The normalized spacial score (nSPS) is 18.5. The van der Waals surface area contributed by atoms with Crippen LogP contribution in [0.3, 0.4) is 0 Å². The van der Waals surface area contributed by atoms with E-state index in [0.717, 1.165) is 50.3 Å². The minimum atomic E-state index is 0.232. The van der Waals surface area contributed by atoms with Gasteiger partial charge in [0.25, 0.3) is 0 Å². The summed E-state index contributed by atoms with van der Waals surface area (Å²) in [5.74, 6) is 2.50. The minimum Gasteiger partial charge on any atom is -0.342 e. The molecule has 4 heterocycles. The number of carbonyl (C=O) groups excluding carboxylic acids is 1. The Morgan fingerprint density at radius 3 is 2.63 bits per heavy atom. The van der Waals surface area contributed by atoms with Gasteiger partial charge in [-0.1, -0.05) is 41.6 Å². The lowest BCUT2D eigenvalue weighted by atomic mass is 9.90. The number of likely N-dealkylation sites (tertiary alicyclic amines) is 2. The second-order valence-corrected chi connectivity index (χ2v) is 9.29. The van der Waals surface area contributed by atoms with Crippen LogP contribution in [0.1, 0.15) is 30.2 Å². The van der Waals surface area contributed by atoms with Crippen LogP contribution in [0.5, 0.6) is 0 Å². The van der Waals surface area contributed by atoms with Crippen LogP contribution in [0.15, 0.2) is 52.4 Å². The molecule has 2 fully saturated rings. The summed E-state index contributed by atoms with van der Waals surface area (Å²) in [6.45, 7) is 3.86. The van der Waals surface area contributed by atoms with Gasteiger partial charge in [-0.25, -0.2) is 0 Å². The van der Waals surface area contributed by atoms with Gasteiger partial charge in [0.05, 0.1) is 17.3 Å². The van der Waals surface area contributed by atoms with E-state index in [1.54, 1.807) is 11.3 Å². The summed E-state index contributed by atoms with van der Waals surface area (Å²) in [5, 5.41) is 6.10. The number of carbonyl (C=O) groups is 1. The molecule has 1 aromatic carbocycles. The van der Waals surface area contributed by atoms with Crippen LogP contribution in [-0.4, -0.2) is 58.6 Å². The van der Waals surface area contributed by atoms with Crippen LogP contribution >= 0.6 is 11.3 Å². The number of rotatable bonds is 6. The zero-order valence-corrected chi connectivity index (χ0v) is 17.8. The Kier molecular flexibility index (Phi) is 5.64. The fraction of sp³-hybridized carbons (Fsp3) is 0.435. The lowest BCUT2D eigenvalue weighted by Gasteiger charge is -2.39. The fourth-order valence-electron chi connectivity index (χ4n) is 4.39. The number of hydrogen-bond donors (Lipinski definition) is 0. The van der Waals surface area contributed by atoms with Crippen LogP contribution in [0, 0.1) is 5.92 Å². The first-order valence-electron chi connectivity index (χ1n) is 10.7. The quantitative estimate of drug-likeness (QED) is 0.606. The first-order valence-corrected chi connectivity index (χ1v) is 11.5. The van der Waals surface area contributed by atoms with Crippen molar-refractivity contribution in [3.8, 4) is 10.7 Å². The molecule has 7 heteroatoms. The molecule has 0 bridgehead atoms. The molecule has 0 atom stereocenters. The Balaban J connectivity index is 1.05. The van der Waals surface area contributed by atoms with Crippen LogP contribution in [0.25, 0.3) is 10.7 Å². The van der Waals surface area contributed by atoms with Crippen molar-refractivity contribution in [2.24, 2.45) is 5.92 Å². The third-order valence-corrected chi connectivity index (χ3v) is 7.05. The molecule has 6 nitrogen and oxygen atoms in total. The summed E-state index contributed by atoms with van der Waals surface area (Å²) < 4.78 is 5.45. The van der Waals surface area contributed by atoms with Crippen molar-refractivity contribution in [1.29, 1.82) is 0 Å². The maximum absolute atomic E-state index is 12.7. The van der Waals surface area contributed by atoms with E-state index >= 15 is 0 Å². The number of hydrogen-bond acceptors (Lipinski definition) is 6. The predicted octanol–water partition coefficient (Wildman–Crippen LogP) is 3.68. The summed E-state index contributed by atoms with van der Waals surface area (Å²) in [7, 11) is 0. The Morgan fingerprint density at radius 2 is 1.90 bits per heavy atom. The summed E-state index contributed by atoms with van der Waals surface area (Å²) >= 11 is 1.61. The highest BCUT2D eigenvalue weighted by atomic mass is 32.1. The van der Waals surface area contributed by atoms with E-state index in [9.17, 15) is 4.79 Å². The fourth-order valence-corrected chi connectivity index (χ4v) is 5.04. The number of amides is 1. The Morgan fingerprint density at radius 1 is 1.10 bits per heavy atom. The third-order valence-electron chi connectivity index (χ3n) is 6.18. The van der Waals surface area contributed by atoms with E-state index in [-0.39, 0.29) is 11.8 Å². The number of thiophene rings is 1. The van der Waals surface area contributed by atoms with Gasteiger partial charge < -0.3 is 9.42 Å². The summed E-state index contributed by atoms with van der Waals surface area (Å²) in [5.41, 5.74) is 1.40.